The van der Waals surface area contributed by atoms with E-state index in [2.05, 4.69) is 15.2 Å². The van der Waals surface area contributed by atoms with Gasteiger partial charge >= 0.3 is 0 Å². The number of nitrogens with zero attached hydrogens (tertiary/aromatic N) is 4. The van der Waals surface area contributed by atoms with Crippen molar-refractivity contribution in [1.29, 1.82) is 0 Å². The van der Waals surface area contributed by atoms with Crippen LogP contribution in [0.2, 0.25) is 0 Å². The van der Waals surface area contributed by atoms with Crippen LogP contribution in [0.1, 0.15) is 24.2 Å². The molecule has 0 aliphatic heterocycles. The number of hydrogen-bond donors (Lipinski definition) is 1. The minimum absolute atomic E-state index is 0.132. The molecule has 0 radical (unpaired) electrons. The molecule has 15 heavy (non-hydrogen) atoms. The van der Waals surface area contributed by atoms with Crippen LogP contribution in [0.4, 0.5) is 5.95 Å². The van der Waals surface area contributed by atoms with Gasteiger partial charge < -0.3 is 10.0 Å². The first-order valence-corrected chi connectivity index (χ1v) is 5.28. The Bertz CT molecular complexity index is 351. The van der Waals surface area contributed by atoms with Gasteiger partial charge in [-0.05, 0) is 26.7 Å². The molecule has 5 heteroatoms. The van der Waals surface area contributed by atoms with Crippen LogP contribution in [0.5, 0.6) is 0 Å². The number of rotatable bonds is 4. The van der Waals surface area contributed by atoms with E-state index in [-0.39, 0.29) is 6.61 Å². The quantitative estimate of drug-likeness (QED) is 0.778. The summed E-state index contributed by atoms with van der Waals surface area (Å²) in [6.07, 6.45) is 2.33. The Morgan fingerprint density at radius 1 is 1.27 bits per heavy atom. The fourth-order valence-corrected chi connectivity index (χ4v) is 1.51. The molecule has 1 aliphatic carbocycles. The molecule has 0 atom stereocenters. The van der Waals surface area contributed by atoms with Crippen LogP contribution in [0, 0.1) is 13.8 Å². The zero-order chi connectivity index (χ0) is 10.8. The third-order valence-corrected chi connectivity index (χ3v) is 2.67. The highest BCUT2D eigenvalue weighted by Crippen LogP contribution is 2.29. The monoisotopic (exact) mass is 208 g/mol. The third kappa shape index (κ3) is 2.23. The van der Waals surface area contributed by atoms with E-state index in [1.165, 1.54) is 0 Å². The molecule has 1 aromatic rings. The average Bonchev–Trinajstić information content (AvgIpc) is 3.02. The second kappa shape index (κ2) is 4.10. The molecule has 0 unspecified atom stereocenters. The highest BCUT2D eigenvalue weighted by atomic mass is 16.3. The summed E-state index contributed by atoms with van der Waals surface area (Å²) in [7, 11) is 0. The summed E-state index contributed by atoms with van der Waals surface area (Å²) in [5.41, 5.74) is 1.77. The summed E-state index contributed by atoms with van der Waals surface area (Å²) in [6, 6.07) is 0.501. The maximum atomic E-state index is 8.98. The highest BCUT2D eigenvalue weighted by Gasteiger charge is 2.30. The van der Waals surface area contributed by atoms with Crippen molar-refractivity contribution in [2.24, 2.45) is 0 Å². The largest absolute Gasteiger partial charge is 0.395 e. The molecule has 82 valence electrons. The first-order chi connectivity index (χ1) is 7.22. The molecule has 0 bridgehead atoms. The molecule has 1 N–H and O–H groups in total. The first-order valence-electron chi connectivity index (χ1n) is 5.28. The van der Waals surface area contributed by atoms with Crippen LogP contribution in [-0.4, -0.2) is 39.5 Å². The van der Waals surface area contributed by atoms with Gasteiger partial charge in [-0.1, -0.05) is 0 Å². The summed E-state index contributed by atoms with van der Waals surface area (Å²) in [5, 5.41) is 17.1. The Morgan fingerprint density at radius 2 is 2.00 bits per heavy atom. The van der Waals surface area contributed by atoms with Crippen LogP contribution >= 0.6 is 0 Å². The van der Waals surface area contributed by atoms with E-state index >= 15 is 0 Å². The molecule has 0 aromatic carbocycles. The maximum absolute atomic E-state index is 8.98. The predicted octanol–water partition coefficient (Wildman–Crippen LogP) is 0.450. The SMILES string of the molecule is Cc1nnc(N(CCO)C2CC2)nc1C. The standard InChI is InChI=1S/C10H16N4O/c1-7-8(2)12-13-10(11-7)14(5-6-15)9-3-4-9/h9,15H,3-6H2,1-2H3. The molecule has 1 heterocycles. The van der Waals surface area contributed by atoms with Gasteiger partial charge in [-0.25, -0.2) is 4.98 Å². The molecular formula is C10H16N4O. The fraction of sp³-hybridized carbons (Fsp3) is 0.700. The lowest BCUT2D eigenvalue weighted by atomic mass is 10.4. The number of anilines is 1. The number of aryl methyl sites for hydroxylation is 2. The molecule has 1 saturated carbocycles. The van der Waals surface area contributed by atoms with Crippen LogP contribution < -0.4 is 4.90 Å². The van der Waals surface area contributed by atoms with E-state index in [1.807, 2.05) is 18.7 Å². The fourth-order valence-electron chi connectivity index (χ4n) is 1.51. The normalized spacial score (nSPS) is 15.4. The molecule has 1 aromatic heterocycles. The second-order valence-electron chi connectivity index (χ2n) is 3.93. The van der Waals surface area contributed by atoms with Crippen molar-refractivity contribution in [3.8, 4) is 0 Å². The lowest BCUT2D eigenvalue weighted by Gasteiger charge is -2.20. The minimum Gasteiger partial charge on any atom is -0.395 e. The van der Waals surface area contributed by atoms with E-state index in [9.17, 15) is 0 Å². The van der Waals surface area contributed by atoms with Crippen molar-refractivity contribution in [3.63, 3.8) is 0 Å². The summed E-state index contributed by atoms with van der Waals surface area (Å²) in [4.78, 5) is 6.44. The molecular weight excluding hydrogens is 192 g/mol. The molecule has 5 nitrogen and oxygen atoms in total. The molecule has 0 saturated heterocycles. The van der Waals surface area contributed by atoms with Crippen molar-refractivity contribution in [2.45, 2.75) is 32.7 Å². The topological polar surface area (TPSA) is 62.1 Å². The van der Waals surface area contributed by atoms with Crippen LogP contribution in [-0.2, 0) is 0 Å². The van der Waals surface area contributed by atoms with Crippen molar-refractivity contribution in [3.05, 3.63) is 11.4 Å². The van der Waals surface area contributed by atoms with Gasteiger partial charge in [-0.3, -0.25) is 0 Å². The van der Waals surface area contributed by atoms with Gasteiger partial charge in [0.25, 0.3) is 0 Å². The van der Waals surface area contributed by atoms with Crippen molar-refractivity contribution >= 4 is 5.95 Å². The van der Waals surface area contributed by atoms with Crippen LogP contribution in [0.3, 0.4) is 0 Å². The molecule has 1 fully saturated rings. The number of aliphatic hydroxyl groups excluding tert-OH is 1. The summed E-state index contributed by atoms with van der Waals surface area (Å²) >= 11 is 0. The van der Waals surface area contributed by atoms with E-state index in [4.69, 9.17) is 5.11 Å². The molecule has 2 rings (SSSR count). The highest BCUT2D eigenvalue weighted by molar-refractivity contribution is 5.33. The van der Waals surface area contributed by atoms with Crippen molar-refractivity contribution < 1.29 is 5.11 Å². The van der Waals surface area contributed by atoms with Gasteiger partial charge in [0.15, 0.2) is 0 Å². The molecule has 0 amide bonds. The van der Waals surface area contributed by atoms with E-state index in [0.717, 1.165) is 24.2 Å². The summed E-state index contributed by atoms with van der Waals surface area (Å²) < 4.78 is 0. The smallest absolute Gasteiger partial charge is 0.245 e. The van der Waals surface area contributed by atoms with Gasteiger partial charge in [-0.2, -0.15) is 5.10 Å². The predicted molar refractivity (Wildman–Crippen MR) is 56.8 cm³/mol. The second-order valence-corrected chi connectivity index (χ2v) is 3.93. The number of aliphatic hydroxyl groups is 1. The van der Waals surface area contributed by atoms with Gasteiger partial charge in [-0.15, -0.1) is 5.10 Å². The lowest BCUT2D eigenvalue weighted by molar-refractivity contribution is 0.300. The Hall–Kier alpha value is -1.23. The van der Waals surface area contributed by atoms with E-state index < -0.39 is 0 Å². The Morgan fingerprint density at radius 3 is 2.53 bits per heavy atom. The third-order valence-electron chi connectivity index (χ3n) is 2.67. The summed E-state index contributed by atoms with van der Waals surface area (Å²) in [6.45, 7) is 4.55. The first kappa shape index (κ1) is 10.3. The average molecular weight is 208 g/mol. The zero-order valence-corrected chi connectivity index (χ0v) is 9.14. The van der Waals surface area contributed by atoms with Crippen molar-refractivity contribution in [2.75, 3.05) is 18.1 Å². The van der Waals surface area contributed by atoms with E-state index in [1.54, 1.807) is 0 Å². The Balaban J connectivity index is 2.21. The minimum atomic E-state index is 0.132. The summed E-state index contributed by atoms with van der Waals surface area (Å²) in [5.74, 6) is 0.648. The van der Waals surface area contributed by atoms with Crippen molar-refractivity contribution in [1.82, 2.24) is 15.2 Å². The molecule has 1 aliphatic rings. The maximum Gasteiger partial charge on any atom is 0.245 e. The lowest BCUT2D eigenvalue weighted by Crippen LogP contribution is -2.31. The number of aromatic nitrogens is 3. The zero-order valence-electron chi connectivity index (χ0n) is 9.14. The van der Waals surface area contributed by atoms with Crippen LogP contribution in [0.25, 0.3) is 0 Å². The van der Waals surface area contributed by atoms with Crippen LogP contribution in [0.15, 0.2) is 0 Å². The van der Waals surface area contributed by atoms with E-state index in [0.29, 0.717) is 18.5 Å². The van der Waals surface area contributed by atoms with Gasteiger partial charge in [0.05, 0.1) is 18.0 Å². The molecule has 0 spiro atoms. The van der Waals surface area contributed by atoms with Gasteiger partial charge in [0, 0.05) is 12.6 Å². The Labute approximate surface area is 89.2 Å². The van der Waals surface area contributed by atoms with Gasteiger partial charge in [0.2, 0.25) is 5.95 Å². The van der Waals surface area contributed by atoms with Gasteiger partial charge in [0.1, 0.15) is 0 Å². The number of hydrogen-bond acceptors (Lipinski definition) is 5. The Kier molecular flexibility index (Phi) is 2.81.